The topological polar surface area (TPSA) is 102 Å². The van der Waals surface area contributed by atoms with Crippen molar-refractivity contribution < 1.29 is 19.2 Å². The van der Waals surface area contributed by atoms with E-state index in [4.69, 9.17) is 0 Å². The summed E-state index contributed by atoms with van der Waals surface area (Å²) in [6, 6.07) is 10.3. The van der Waals surface area contributed by atoms with Crippen LogP contribution in [-0.4, -0.2) is 38.0 Å². The lowest BCUT2D eigenvalue weighted by Crippen LogP contribution is -2.19. The predicted octanol–water partition coefficient (Wildman–Crippen LogP) is 2.70. The molecule has 1 amide bonds. The van der Waals surface area contributed by atoms with Gasteiger partial charge < -0.3 is 15.0 Å². The van der Waals surface area contributed by atoms with Crippen LogP contribution in [-0.2, 0) is 4.74 Å². The quantitative estimate of drug-likeness (QED) is 0.509. The molecule has 25 heavy (non-hydrogen) atoms. The summed E-state index contributed by atoms with van der Waals surface area (Å²) in [5.41, 5.74) is 1.17. The summed E-state index contributed by atoms with van der Waals surface area (Å²) >= 11 is 0. The molecule has 8 heteroatoms. The average Bonchev–Trinajstić information content (AvgIpc) is 2.60. The Balaban J connectivity index is 2.36. The number of nitro groups is 1. The number of nitrogens with one attached hydrogen (secondary N) is 1. The van der Waals surface area contributed by atoms with E-state index in [1.54, 1.807) is 37.2 Å². The number of anilines is 2. The first-order valence-corrected chi connectivity index (χ1v) is 7.29. The first-order valence-electron chi connectivity index (χ1n) is 7.29. The highest BCUT2D eigenvalue weighted by Crippen LogP contribution is 2.25. The van der Waals surface area contributed by atoms with Gasteiger partial charge in [0.05, 0.1) is 23.2 Å². The molecule has 0 saturated heterocycles. The van der Waals surface area contributed by atoms with Crippen molar-refractivity contribution in [2.24, 2.45) is 0 Å². The summed E-state index contributed by atoms with van der Waals surface area (Å²) in [7, 11) is 4.73. The van der Waals surface area contributed by atoms with E-state index in [9.17, 15) is 19.7 Å². The van der Waals surface area contributed by atoms with E-state index >= 15 is 0 Å². The van der Waals surface area contributed by atoms with Crippen LogP contribution in [0.2, 0.25) is 0 Å². The van der Waals surface area contributed by atoms with Crippen LogP contribution < -0.4 is 10.2 Å². The minimum Gasteiger partial charge on any atom is -0.465 e. The number of esters is 1. The van der Waals surface area contributed by atoms with Gasteiger partial charge in [0.15, 0.2) is 0 Å². The van der Waals surface area contributed by atoms with Gasteiger partial charge in [0.25, 0.3) is 11.6 Å². The Bertz CT molecular complexity index is 833. The van der Waals surface area contributed by atoms with Crippen molar-refractivity contribution in [2.75, 3.05) is 31.4 Å². The SMILES string of the molecule is COC(=O)c1cccc(NC(=O)c2cc([N+](=O)[O-])ccc2N(C)C)c1. The Labute approximate surface area is 144 Å². The highest BCUT2D eigenvalue weighted by molar-refractivity contribution is 6.09. The van der Waals surface area contributed by atoms with E-state index in [1.807, 2.05) is 0 Å². The van der Waals surface area contributed by atoms with Gasteiger partial charge in [-0.05, 0) is 24.3 Å². The van der Waals surface area contributed by atoms with Crippen molar-refractivity contribution in [3.05, 3.63) is 63.7 Å². The van der Waals surface area contributed by atoms with Gasteiger partial charge >= 0.3 is 5.97 Å². The van der Waals surface area contributed by atoms with Crippen molar-refractivity contribution in [1.82, 2.24) is 0 Å². The number of carbonyl (C=O) groups excluding carboxylic acids is 2. The van der Waals surface area contributed by atoms with Crippen LogP contribution in [0.25, 0.3) is 0 Å². The molecule has 0 fully saturated rings. The lowest BCUT2D eigenvalue weighted by molar-refractivity contribution is -0.384. The van der Waals surface area contributed by atoms with E-state index in [2.05, 4.69) is 10.1 Å². The zero-order valence-electron chi connectivity index (χ0n) is 14.0. The third-order valence-electron chi connectivity index (χ3n) is 3.46. The third-order valence-corrected chi connectivity index (χ3v) is 3.46. The number of nitrogens with zero attached hydrogens (tertiary/aromatic N) is 2. The second-order valence-electron chi connectivity index (χ2n) is 5.38. The molecule has 0 aromatic heterocycles. The molecule has 0 saturated carbocycles. The van der Waals surface area contributed by atoms with Gasteiger partial charge in [-0.15, -0.1) is 0 Å². The fourth-order valence-electron chi connectivity index (χ4n) is 2.25. The van der Waals surface area contributed by atoms with Crippen LogP contribution in [0, 0.1) is 10.1 Å². The normalized spacial score (nSPS) is 10.0. The zero-order chi connectivity index (χ0) is 18.6. The number of methoxy groups -OCH3 is 1. The number of non-ortho nitro benzene ring substituents is 1. The monoisotopic (exact) mass is 343 g/mol. The van der Waals surface area contributed by atoms with Gasteiger partial charge in [-0.25, -0.2) is 4.79 Å². The van der Waals surface area contributed by atoms with Crippen molar-refractivity contribution in [3.63, 3.8) is 0 Å². The Hall–Kier alpha value is -3.42. The Morgan fingerprint density at radius 2 is 1.88 bits per heavy atom. The standard InChI is InChI=1S/C17H17N3O5/c1-19(2)15-8-7-13(20(23)24)10-14(15)16(21)18-12-6-4-5-11(9-12)17(22)25-3/h4-10H,1-3H3,(H,18,21). The van der Waals surface area contributed by atoms with E-state index < -0.39 is 16.8 Å². The molecule has 0 unspecified atom stereocenters. The number of nitro benzene ring substituents is 1. The van der Waals surface area contributed by atoms with Gasteiger partial charge in [-0.2, -0.15) is 0 Å². The van der Waals surface area contributed by atoms with Gasteiger partial charge in [0.1, 0.15) is 0 Å². The molecule has 0 aliphatic rings. The largest absolute Gasteiger partial charge is 0.465 e. The molecule has 130 valence electrons. The summed E-state index contributed by atoms with van der Waals surface area (Å²) < 4.78 is 4.64. The Morgan fingerprint density at radius 3 is 2.48 bits per heavy atom. The molecule has 2 aromatic rings. The molecule has 0 heterocycles. The first-order chi connectivity index (χ1) is 11.8. The number of ether oxygens (including phenoxy) is 1. The number of rotatable bonds is 5. The van der Waals surface area contributed by atoms with Crippen LogP contribution in [0.1, 0.15) is 20.7 Å². The number of hydrogen-bond donors (Lipinski definition) is 1. The molecule has 8 nitrogen and oxygen atoms in total. The van der Waals surface area contributed by atoms with Crippen molar-refractivity contribution in [2.45, 2.75) is 0 Å². The molecule has 2 aromatic carbocycles. The van der Waals surface area contributed by atoms with Crippen LogP contribution in [0.5, 0.6) is 0 Å². The van der Waals surface area contributed by atoms with Gasteiger partial charge in [-0.1, -0.05) is 6.07 Å². The van der Waals surface area contributed by atoms with Gasteiger partial charge in [0, 0.05) is 37.6 Å². The van der Waals surface area contributed by atoms with Gasteiger partial charge in [0.2, 0.25) is 0 Å². The second kappa shape index (κ2) is 7.43. The molecule has 0 aliphatic heterocycles. The third kappa shape index (κ3) is 4.11. The van der Waals surface area contributed by atoms with E-state index in [-0.39, 0.29) is 16.8 Å². The van der Waals surface area contributed by atoms with Crippen LogP contribution in [0.3, 0.4) is 0 Å². The molecule has 0 radical (unpaired) electrons. The number of carbonyl (C=O) groups is 2. The summed E-state index contributed by atoms with van der Waals surface area (Å²) in [6.07, 6.45) is 0. The average molecular weight is 343 g/mol. The van der Waals surface area contributed by atoms with Crippen LogP contribution in [0.4, 0.5) is 17.1 Å². The highest BCUT2D eigenvalue weighted by atomic mass is 16.6. The molecular formula is C17H17N3O5. The molecule has 0 bridgehead atoms. The highest BCUT2D eigenvalue weighted by Gasteiger charge is 2.18. The summed E-state index contributed by atoms with van der Waals surface area (Å²) in [4.78, 5) is 36.3. The zero-order valence-corrected chi connectivity index (χ0v) is 14.0. The Morgan fingerprint density at radius 1 is 1.16 bits per heavy atom. The van der Waals surface area contributed by atoms with Crippen molar-refractivity contribution in [3.8, 4) is 0 Å². The molecule has 0 atom stereocenters. The van der Waals surface area contributed by atoms with Crippen LogP contribution >= 0.6 is 0 Å². The minimum absolute atomic E-state index is 0.155. The summed E-state index contributed by atoms with van der Waals surface area (Å²) in [5.74, 6) is -1.05. The lowest BCUT2D eigenvalue weighted by atomic mass is 10.1. The van der Waals surface area contributed by atoms with Crippen molar-refractivity contribution in [1.29, 1.82) is 0 Å². The molecule has 1 N–H and O–H groups in total. The lowest BCUT2D eigenvalue weighted by Gasteiger charge is -2.17. The van der Waals surface area contributed by atoms with E-state index in [1.165, 1.54) is 31.4 Å². The molecular weight excluding hydrogens is 326 g/mol. The van der Waals surface area contributed by atoms with E-state index in [0.29, 0.717) is 11.4 Å². The minimum atomic E-state index is -0.561. The maximum absolute atomic E-state index is 12.6. The molecule has 0 spiro atoms. The summed E-state index contributed by atoms with van der Waals surface area (Å²) in [6.45, 7) is 0. The fraction of sp³-hybridized carbons (Fsp3) is 0.176. The maximum Gasteiger partial charge on any atom is 0.337 e. The smallest absolute Gasteiger partial charge is 0.337 e. The Kier molecular flexibility index (Phi) is 5.33. The van der Waals surface area contributed by atoms with Gasteiger partial charge in [-0.3, -0.25) is 14.9 Å². The first kappa shape index (κ1) is 17.9. The fourth-order valence-corrected chi connectivity index (χ4v) is 2.25. The predicted molar refractivity (Wildman–Crippen MR) is 93.2 cm³/mol. The van der Waals surface area contributed by atoms with Crippen LogP contribution in [0.15, 0.2) is 42.5 Å². The number of benzene rings is 2. The molecule has 2 rings (SSSR count). The number of hydrogen-bond acceptors (Lipinski definition) is 6. The summed E-state index contributed by atoms with van der Waals surface area (Å²) in [5, 5.41) is 13.6. The van der Waals surface area contributed by atoms with Crippen molar-refractivity contribution >= 4 is 28.9 Å². The molecule has 0 aliphatic carbocycles. The van der Waals surface area contributed by atoms with E-state index in [0.717, 1.165) is 0 Å². The number of amides is 1. The second-order valence-corrected chi connectivity index (χ2v) is 5.38. The maximum atomic E-state index is 12.6.